The van der Waals surface area contributed by atoms with E-state index < -0.39 is 0 Å². The Balaban J connectivity index is 1.82. The lowest BCUT2D eigenvalue weighted by molar-refractivity contribution is 0.0834. The normalized spacial score (nSPS) is 19.9. The van der Waals surface area contributed by atoms with E-state index in [2.05, 4.69) is 10.3 Å². The molecule has 1 unspecified atom stereocenters. The Morgan fingerprint density at radius 3 is 3.19 bits per heavy atom. The monoisotopic (exact) mass is 225 g/mol. The van der Waals surface area contributed by atoms with Crippen molar-refractivity contribution in [3.05, 3.63) is 17.8 Å². The van der Waals surface area contributed by atoms with Crippen molar-refractivity contribution < 1.29 is 13.9 Å². The number of hydrogen-bond donors (Lipinski definition) is 2. The highest BCUT2D eigenvalue weighted by Crippen LogP contribution is 2.11. The van der Waals surface area contributed by atoms with Gasteiger partial charge in [0, 0.05) is 13.2 Å². The van der Waals surface area contributed by atoms with Crippen LogP contribution in [-0.2, 0) is 11.3 Å². The van der Waals surface area contributed by atoms with Crippen molar-refractivity contribution in [3.63, 3.8) is 0 Å². The molecule has 1 aromatic heterocycles. The number of rotatable bonds is 4. The summed E-state index contributed by atoms with van der Waals surface area (Å²) < 4.78 is 10.5. The molecular weight excluding hydrogens is 210 g/mol. The summed E-state index contributed by atoms with van der Waals surface area (Å²) in [7, 11) is 0. The first-order valence-electron chi connectivity index (χ1n) is 5.34. The van der Waals surface area contributed by atoms with Crippen molar-refractivity contribution in [1.29, 1.82) is 0 Å². The predicted molar refractivity (Wildman–Crippen MR) is 55.7 cm³/mol. The SMILES string of the molecule is NCc1ncc(C(=O)NCC2CCCO2)o1. The molecule has 2 heterocycles. The fourth-order valence-corrected chi connectivity index (χ4v) is 1.61. The smallest absolute Gasteiger partial charge is 0.288 e. The van der Waals surface area contributed by atoms with Crippen LogP contribution >= 0.6 is 0 Å². The zero-order chi connectivity index (χ0) is 11.4. The summed E-state index contributed by atoms with van der Waals surface area (Å²) in [5.41, 5.74) is 5.33. The molecule has 6 heteroatoms. The fraction of sp³-hybridized carbons (Fsp3) is 0.600. The lowest BCUT2D eigenvalue weighted by Crippen LogP contribution is -2.31. The van der Waals surface area contributed by atoms with E-state index in [1.807, 2.05) is 0 Å². The highest BCUT2D eigenvalue weighted by Gasteiger charge is 2.18. The third-order valence-corrected chi connectivity index (χ3v) is 2.47. The van der Waals surface area contributed by atoms with Crippen LogP contribution in [0.4, 0.5) is 0 Å². The molecule has 1 aliphatic rings. The van der Waals surface area contributed by atoms with Crippen molar-refractivity contribution in [2.24, 2.45) is 5.73 Å². The van der Waals surface area contributed by atoms with Gasteiger partial charge in [0.1, 0.15) is 0 Å². The minimum atomic E-state index is -0.275. The summed E-state index contributed by atoms with van der Waals surface area (Å²) in [4.78, 5) is 15.4. The van der Waals surface area contributed by atoms with E-state index in [0.29, 0.717) is 12.4 Å². The van der Waals surface area contributed by atoms with Crippen LogP contribution in [0.1, 0.15) is 29.3 Å². The number of nitrogens with zero attached hydrogens (tertiary/aromatic N) is 1. The summed E-state index contributed by atoms with van der Waals surface area (Å²) in [6.45, 7) is 1.48. The number of aromatic nitrogens is 1. The number of ether oxygens (including phenoxy) is 1. The van der Waals surface area contributed by atoms with Gasteiger partial charge in [-0.1, -0.05) is 0 Å². The van der Waals surface area contributed by atoms with Gasteiger partial charge < -0.3 is 20.2 Å². The average Bonchev–Trinajstić information content (AvgIpc) is 2.96. The molecule has 1 saturated heterocycles. The number of oxazole rings is 1. The first kappa shape index (κ1) is 11.1. The standard InChI is InChI=1S/C10H15N3O3/c11-4-9-12-6-8(16-9)10(14)13-5-7-2-1-3-15-7/h6-7H,1-5,11H2,(H,13,14). The molecule has 6 nitrogen and oxygen atoms in total. The number of hydrogen-bond acceptors (Lipinski definition) is 5. The molecular formula is C10H15N3O3. The van der Waals surface area contributed by atoms with E-state index >= 15 is 0 Å². The number of nitrogens with one attached hydrogen (secondary N) is 1. The summed E-state index contributed by atoms with van der Waals surface area (Å²) in [6.07, 6.45) is 3.55. The van der Waals surface area contributed by atoms with Crippen molar-refractivity contribution in [1.82, 2.24) is 10.3 Å². The van der Waals surface area contributed by atoms with Crippen molar-refractivity contribution in [2.45, 2.75) is 25.5 Å². The second kappa shape index (κ2) is 5.09. The first-order chi connectivity index (χ1) is 7.79. The third-order valence-electron chi connectivity index (χ3n) is 2.47. The molecule has 0 aromatic carbocycles. The Bertz CT molecular complexity index is 358. The molecule has 16 heavy (non-hydrogen) atoms. The third kappa shape index (κ3) is 2.59. The van der Waals surface area contributed by atoms with Gasteiger partial charge in [-0.05, 0) is 12.8 Å². The Hall–Kier alpha value is -1.40. The van der Waals surface area contributed by atoms with Gasteiger partial charge in [0.05, 0.1) is 18.8 Å². The molecule has 0 bridgehead atoms. The second-order valence-corrected chi connectivity index (χ2v) is 3.67. The van der Waals surface area contributed by atoms with E-state index in [4.69, 9.17) is 14.9 Å². The highest BCUT2D eigenvalue weighted by molar-refractivity contribution is 5.91. The maximum Gasteiger partial charge on any atom is 0.288 e. The molecule has 0 radical (unpaired) electrons. The van der Waals surface area contributed by atoms with Crippen LogP contribution in [0.15, 0.2) is 10.6 Å². The lowest BCUT2D eigenvalue weighted by Gasteiger charge is -2.09. The maximum atomic E-state index is 11.6. The molecule has 0 spiro atoms. The molecule has 88 valence electrons. The summed E-state index contributed by atoms with van der Waals surface area (Å²) >= 11 is 0. The largest absolute Gasteiger partial charge is 0.434 e. The molecule has 1 amide bonds. The number of amides is 1. The predicted octanol–water partition coefficient (Wildman–Crippen LogP) is 0.0421. The average molecular weight is 225 g/mol. The molecule has 1 fully saturated rings. The summed E-state index contributed by atoms with van der Waals surface area (Å²) in [5, 5.41) is 2.74. The zero-order valence-electron chi connectivity index (χ0n) is 8.94. The van der Waals surface area contributed by atoms with Gasteiger partial charge in [-0.25, -0.2) is 4.98 Å². The van der Waals surface area contributed by atoms with Gasteiger partial charge >= 0.3 is 0 Å². The number of nitrogens with two attached hydrogens (primary N) is 1. The Labute approximate surface area is 93.2 Å². The van der Waals surface area contributed by atoms with E-state index in [9.17, 15) is 4.79 Å². The lowest BCUT2D eigenvalue weighted by atomic mass is 10.2. The van der Waals surface area contributed by atoms with E-state index in [1.165, 1.54) is 6.20 Å². The molecule has 2 rings (SSSR count). The number of carbonyl (C=O) groups excluding carboxylic acids is 1. The minimum absolute atomic E-state index is 0.126. The quantitative estimate of drug-likeness (QED) is 0.755. The molecule has 1 aromatic rings. The highest BCUT2D eigenvalue weighted by atomic mass is 16.5. The van der Waals surface area contributed by atoms with Crippen LogP contribution in [-0.4, -0.2) is 30.1 Å². The Morgan fingerprint density at radius 2 is 2.56 bits per heavy atom. The fourth-order valence-electron chi connectivity index (χ4n) is 1.61. The van der Waals surface area contributed by atoms with Gasteiger partial charge in [0.15, 0.2) is 0 Å². The van der Waals surface area contributed by atoms with Crippen LogP contribution in [0.25, 0.3) is 0 Å². The topological polar surface area (TPSA) is 90.4 Å². The van der Waals surface area contributed by atoms with E-state index in [0.717, 1.165) is 19.4 Å². The summed E-state index contributed by atoms with van der Waals surface area (Å²) in [5.74, 6) is 0.281. The molecule has 0 aliphatic carbocycles. The Morgan fingerprint density at radius 1 is 1.69 bits per heavy atom. The first-order valence-corrected chi connectivity index (χ1v) is 5.34. The van der Waals surface area contributed by atoms with Crippen molar-refractivity contribution in [2.75, 3.05) is 13.2 Å². The van der Waals surface area contributed by atoms with Gasteiger partial charge in [-0.15, -0.1) is 0 Å². The Kier molecular flexibility index (Phi) is 3.53. The van der Waals surface area contributed by atoms with Gasteiger partial charge in [-0.2, -0.15) is 0 Å². The van der Waals surface area contributed by atoms with Gasteiger partial charge in [0.25, 0.3) is 5.91 Å². The zero-order valence-corrected chi connectivity index (χ0v) is 8.94. The second-order valence-electron chi connectivity index (χ2n) is 3.67. The van der Waals surface area contributed by atoms with Crippen molar-refractivity contribution >= 4 is 5.91 Å². The van der Waals surface area contributed by atoms with Crippen LogP contribution in [0.3, 0.4) is 0 Å². The molecule has 1 aliphatic heterocycles. The van der Waals surface area contributed by atoms with Gasteiger partial charge in [0.2, 0.25) is 11.7 Å². The van der Waals surface area contributed by atoms with Crippen LogP contribution in [0.5, 0.6) is 0 Å². The van der Waals surface area contributed by atoms with Crippen LogP contribution in [0.2, 0.25) is 0 Å². The van der Waals surface area contributed by atoms with Crippen LogP contribution in [0, 0.1) is 0 Å². The maximum absolute atomic E-state index is 11.6. The molecule has 1 atom stereocenters. The minimum Gasteiger partial charge on any atom is -0.434 e. The van der Waals surface area contributed by atoms with E-state index in [-0.39, 0.29) is 24.3 Å². The van der Waals surface area contributed by atoms with E-state index in [1.54, 1.807) is 0 Å². The van der Waals surface area contributed by atoms with Crippen LogP contribution < -0.4 is 11.1 Å². The summed E-state index contributed by atoms with van der Waals surface area (Å²) in [6, 6.07) is 0. The molecule has 0 saturated carbocycles. The van der Waals surface area contributed by atoms with Crippen molar-refractivity contribution in [3.8, 4) is 0 Å². The van der Waals surface area contributed by atoms with Gasteiger partial charge in [-0.3, -0.25) is 4.79 Å². The number of carbonyl (C=O) groups is 1. The molecule has 3 N–H and O–H groups in total.